The summed E-state index contributed by atoms with van der Waals surface area (Å²) in [4.78, 5) is 25.6. The van der Waals surface area contributed by atoms with E-state index in [9.17, 15) is 9.13 Å². The van der Waals surface area contributed by atoms with Gasteiger partial charge in [0.05, 0.1) is 6.16 Å². The first-order chi connectivity index (χ1) is 6.12. The molecule has 6 nitrogen and oxygen atoms in total. The molecule has 0 aliphatic carbocycles. The molecule has 0 aromatic rings. The minimum absolute atomic E-state index is 0.287. The zero-order chi connectivity index (χ0) is 11.4. The molecule has 0 heterocycles. The van der Waals surface area contributed by atoms with Gasteiger partial charge in [0.15, 0.2) is 0 Å². The van der Waals surface area contributed by atoms with Crippen LogP contribution in [0.15, 0.2) is 12.2 Å². The molecule has 0 bridgehead atoms. The van der Waals surface area contributed by atoms with Gasteiger partial charge in [0, 0.05) is 0 Å². The monoisotopic (exact) mass is 244 g/mol. The summed E-state index contributed by atoms with van der Waals surface area (Å²) in [6.07, 6.45) is 0.545. The molecule has 14 heavy (non-hydrogen) atoms. The Morgan fingerprint density at radius 3 is 2.21 bits per heavy atom. The van der Waals surface area contributed by atoms with E-state index < -0.39 is 15.4 Å². The Morgan fingerprint density at radius 1 is 1.36 bits per heavy atom. The average molecular weight is 244 g/mol. The molecule has 8 heteroatoms. The van der Waals surface area contributed by atoms with Gasteiger partial charge in [-0.05, 0) is 19.8 Å². The van der Waals surface area contributed by atoms with Crippen molar-refractivity contribution in [2.75, 3.05) is 6.16 Å². The summed E-state index contributed by atoms with van der Waals surface area (Å²) in [5.74, 6) is 0. The lowest BCUT2D eigenvalue weighted by Crippen LogP contribution is -1.94. The minimum Gasteiger partial charge on any atom is -0.324 e. The Hall–Kier alpha value is 0.0400. The van der Waals surface area contributed by atoms with Gasteiger partial charge in [0.2, 0.25) is 0 Å². The number of rotatable bonds is 6. The summed E-state index contributed by atoms with van der Waals surface area (Å²) in [6, 6.07) is 0. The van der Waals surface area contributed by atoms with Crippen LogP contribution in [0.3, 0.4) is 0 Å². The maximum Gasteiger partial charge on any atom is 0.476 e. The normalized spacial score (nSPS) is 16.3. The van der Waals surface area contributed by atoms with Crippen molar-refractivity contribution >= 4 is 15.4 Å². The third kappa shape index (κ3) is 8.63. The molecule has 0 aromatic heterocycles. The molecular weight excluding hydrogens is 230 g/mol. The molecule has 0 saturated heterocycles. The zero-order valence-corrected chi connectivity index (χ0v) is 9.58. The summed E-state index contributed by atoms with van der Waals surface area (Å²) >= 11 is 0. The van der Waals surface area contributed by atoms with Gasteiger partial charge < -0.3 is 14.7 Å². The number of phosphoric acid groups is 1. The van der Waals surface area contributed by atoms with Crippen LogP contribution in [0.25, 0.3) is 0 Å². The van der Waals surface area contributed by atoms with E-state index >= 15 is 0 Å². The predicted octanol–water partition coefficient (Wildman–Crippen LogP) is 1.64. The van der Waals surface area contributed by atoms with Crippen LogP contribution in [0.4, 0.5) is 0 Å². The Kier molecular flexibility index (Phi) is 5.23. The van der Waals surface area contributed by atoms with Crippen LogP contribution in [-0.4, -0.2) is 20.8 Å². The van der Waals surface area contributed by atoms with Gasteiger partial charge in [-0.25, -0.2) is 8.88 Å². The zero-order valence-electron chi connectivity index (χ0n) is 7.79. The van der Waals surface area contributed by atoms with Crippen LogP contribution in [0.2, 0.25) is 0 Å². The highest BCUT2D eigenvalue weighted by atomic mass is 31.3. The molecule has 1 atom stereocenters. The van der Waals surface area contributed by atoms with Crippen molar-refractivity contribution in [3.8, 4) is 0 Å². The van der Waals surface area contributed by atoms with E-state index in [1.807, 2.05) is 0 Å². The van der Waals surface area contributed by atoms with Crippen LogP contribution < -0.4 is 0 Å². The minimum atomic E-state index is -4.89. The fourth-order valence-electron chi connectivity index (χ4n) is 0.788. The molecule has 0 saturated carbocycles. The fraction of sp³-hybridized carbons (Fsp3) is 0.667. The molecule has 0 spiro atoms. The summed E-state index contributed by atoms with van der Waals surface area (Å²) in [5.41, 5.74) is 0.834. The second kappa shape index (κ2) is 5.21. The Labute approximate surface area is 82.4 Å². The molecule has 1 unspecified atom stereocenters. The van der Waals surface area contributed by atoms with Crippen molar-refractivity contribution in [1.29, 1.82) is 0 Å². The molecule has 0 fully saturated rings. The summed E-state index contributed by atoms with van der Waals surface area (Å²) in [5, 5.41) is 0. The van der Waals surface area contributed by atoms with Gasteiger partial charge in [0.25, 0.3) is 0 Å². The third-order valence-corrected chi connectivity index (χ3v) is 4.03. The quantitative estimate of drug-likeness (QED) is 0.484. The van der Waals surface area contributed by atoms with Crippen LogP contribution in [0, 0.1) is 0 Å². The molecule has 0 aromatic carbocycles. The van der Waals surface area contributed by atoms with Crippen molar-refractivity contribution in [3.63, 3.8) is 0 Å². The summed E-state index contributed by atoms with van der Waals surface area (Å²) in [7, 11) is -9.06. The first kappa shape index (κ1) is 14.0. The van der Waals surface area contributed by atoms with Gasteiger partial charge in [-0.1, -0.05) is 5.57 Å². The summed E-state index contributed by atoms with van der Waals surface area (Å²) in [6.45, 7) is 5.34. The average Bonchev–Trinajstić information content (AvgIpc) is 1.78. The van der Waals surface area contributed by atoms with Crippen LogP contribution in [-0.2, 0) is 13.4 Å². The predicted molar refractivity (Wildman–Crippen MR) is 51.9 cm³/mol. The Morgan fingerprint density at radius 2 is 1.86 bits per heavy atom. The van der Waals surface area contributed by atoms with Gasteiger partial charge in [-0.2, -0.15) is 0 Å². The van der Waals surface area contributed by atoms with Crippen molar-refractivity contribution < 1.29 is 28.1 Å². The highest BCUT2D eigenvalue weighted by molar-refractivity contribution is 7.63. The lowest BCUT2D eigenvalue weighted by atomic mass is 10.2. The first-order valence-corrected chi connectivity index (χ1v) is 7.15. The Balaban J connectivity index is 4.03. The first-order valence-electron chi connectivity index (χ1n) is 3.85. The largest absolute Gasteiger partial charge is 0.476 e. The van der Waals surface area contributed by atoms with Crippen molar-refractivity contribution in [1.82, 2.24) is 0 Å². The molecule has 0 radical (unpaired) electrons. The molecule has 3 N–H and O–H groups in total. The van der Waals surface area contributed by atoms with E-state index in [0.29, 0.717) is 12.8 Å². The van der Waals surface area contributed by atoms with Crippen molar-refractivity contribution in [2.45, 2.75) is 19.8 Å². The van der Waals surface area contributed by atoms with E-state index in [2.05, 4.69) is 10.9 Å². The molecule has 0 aliphatic heterocycles. The van der Waals surface area contributed by atoms with Gasteiger partial charge in [0.1, 0.15) is 0 Å². The molecule has 0 amide bonds. The SMILES string of the molecule is C=C(C)CCCP(=O)(O)OP(=O)(O)O. The van der Waals surface area contributed by atoms with E-state index in [0.717, 1.165) is 5.57 Å². The third-order valence-electron chi connectivity index (χ3n) is 1.28. The molecule has 0 aliphatic rings. The van der Waals surface area contributed by atoms with E-state index in [1.165, 1.54) is 0 Å². The highest BCUT2D eigenvalue weighted by Gasteiger charge is 2.29. The lowest BCUT2D eigenvalue weighted by molar-refractivity contribution is 0.263. The second-order valence-corrected chi connectivity index (χ2v) is 6.35. The van der Waals surface area contributed by atoms with Gasteiger partial charge in [-0.3, -0.25) is 4.57 Å². The van der Waals surface area contributed by atoms with Crippen LogP contribution >= 0.6 is 15.4 Å². The number of allylic oxidation sites excluding steroid dienone is 1. The maximum atomic E-state index is 11.0. The molecule has 0 rings (SSSR count). The van der Waals surface area contributed by atoms with Gasteiger partial charge in [-0.15, -0.1) is 6.58 Å². The standard InChI is InChI=1S/C6H14O6P2/c1-6(2)4-3-5-13(7,8)12-14(9,10)11/h1,3-5H2,2H3,(H,7,8)(H2,9,10,11). The van der Waals surface area contributed by atoms with E-state index in [-0.39, 0.29) is 6.16 Å². The maximum absolute atomic E-state index is 11.0. The topological polar surface area (TPSA) is 104 Å². The van der Waals surface area contributed by atoms with Crippen LogP contribution in [0.1, 0.15) is 19.8 Å². The number of hydrogen-bond acceptors (Lipinski definition) is 3. The highest BCUT2D eigenvalue weighted by Crippen LogP contribution is 2.57. The second-order valence-electron chi connectivity index (χ2n) is 2.99. The smallest absolute Gasteiger partial charge is 0.324 e. The van der Waals surface area contributed by atoms with Crippen LogP contribution in [0.5, 0.6) is 0 Å². The van der Waals surface area contributed by atoms with E-state index in [1.54, 1.807) is 6.92 Å². The molecule has 84 valence electrons. The van der Waals surface area contributed by atoms with Gasteiger partial charge >= 0.3 is 15.4 Å². The Bertz CT molecular complexity index is 293. The lowest BCUT2D eigenvalue weighted by Gasteiger charge is -2.11. The van der Waals surface area contributed by atoms with Crippen molar-refractivity contribution in [3.05, 3.63) is 12.2 Å². The fourth-order valence-corrected chi connectivity index (χ4v) is 3.00. The van der Waals surface area contributed by atoms with Crippen molar-refractivity contribution in [2.24, 2.45) is 0 Å². The molecular formula is C6H14O6P2. The number of hydrogen-bond donors (Lipinski definition) is 3. The summed E-state index contributed by atoms with van der Waals surface area (Å²) < 4.78 is 25.0. The van der Waals surface area contributed by atoms with E-state index in [4.69, 9.17) is 14.7 Å².